The molecule has 0 spiro atoms. The fourth-order valence-electron chi connectivity index (χ4n) is 5.61. The Hall–Kier alpha value is -3.38. The molecule has 4 N–H and O–H groups in total. The summed E-state index contributed by atoms with van der Waals surface area (Å²) in [5.41, 5.74) is 5.80. The van der Waals surface area contributed by atoms with Gasteiger partial charge in [0.1, 0.15) is 12.1 Å². The zero-order chi connectivity index (χ0) is 29.5. The zero-order valence-corrected chi connectivity index (χ0v) is 24.3. The highest BCUT2D eigenvalue weighted by Crippen LogP contribution is 2.35. The second kappa shape index (κ2) is 14.2. The van der Waals surface area contributed by atoms with Crippen molar-refractivity contribution in [3.8, 4) is 11.5 Å². The molecular weight excluding hydrogens is 542 g/mol. The highest BCUT2D eigenvalue weighted by Gasteiger charge is 2.28. The molecular formula is C30H42F2N8O2. The van der Waals surface area contributed by atoms with Gasteiger partial charge in [0.05, 0.1) is 11.7 Å². The molecule has 2 fully saturated rings. The number of nitrogens with zero attached hydrogens (tertiary/aromatic N) is 5. The average Bonchev–Trinajstić information content (AvgIpc) is 3.50. The molecule has 2 aliphatic carbocycles. The van der Waals surface area contributed by atoms with Gasteiger partial charge in [0.15, 0.2) is 11.4 Å². The molecule has 2 aliphatic rings. The van der Waals surface area contributed by atoms with E-state index in [1.165, 1.54) is 25.3 Å². The van der Waals surface area contributed by atoms with Crippen molar-refractivity contribution in [2.45, 2.75) is 70.3 Å². The number of unbranched alkanes of at least 4 members (excludes halogenated alkanes) is 2. The molecule has 0 aliphatic heterocycles. The van der Waals surface area contributed by atoms with Gasteiger partial charge >= 0.3 is 0 Å². The van der Waals surface area contributed by atoms with E-state index in [2.05, 4.69) is 37.6 Å². The average molecular weight is 585 g/mol. The fourth-order valence-corrected chi connectivity index (χ4v) is 5.61. The maximum absolute atomic E-state index is 13.9. The number of oxazole rings is 1. The lowest BCUT2D eigenvalue weighted by Crippen LogP contribution is -2.30. The quantitative estimate of drug-likeness (QED) is 0.193. The Balaban J connectivity index is 1.17. The fraction of sp³-hybridized carbons (Fsp3) is 0.600. The van der Waals surface area contributed by atoms with Gasteiger partial charge in [-0.2, -0.15) is 5.10 Å². The topological polar surface area (TPSA) is 127 Å². The second-order valence-electron chi connectivity index (χ2n) is 11.7. The molecule has 3 aromatic rings. The summed E-state index contributed by atoms with van der Waals surface area (Å²) in [6.07, 6.45) is 11.1. The van der Waals surface area contributed by atoms with E-state index in [9.17, 15) is 13.6 Å². The van der Waals surface area contributed by atoms with Crippen LogP contribution in [0.1, 0.15) is 86.4 Å². The van der Waals surface area contributed by atoms with Crippen LogP contribution in [0.15, 0.2) is 35.2 Å². The molecule has 0 unspecified atom stereocenters. The minimum absolute atomic E-state index is 0.00470. The number of nitrogens with two attached hydrogens (primary N) is 1. The van der Waals surface area contributed by atoms with Gasteiger partial charge in [-0.1, -0.05) is 6.42 Å². The Morgan fingerprint density at radius 3 is 2.69 bits per heavy atom. The number of rotatable bonds is 15. The zero-order valence-electron chi connectivity index (χ0n) is 24.3. The van der Waals surface area contributed by atoms with Gasteiger partial charge in [0.2, 0.25) is 5.89 Å². The molecule has 3 heterocycles. The van der Waals surface area contributed by atoms with Crippen LogP contribution >= 0.6 is 0 Å². The number of halogens is 2. The standard InChI is InChI=1S/C30H42F2N8O2/c1-39(14-4-2-3-12-33)17-21-7-9-23(10-8-21)40-18-24(27(38-40)28(31)32)36-29(41)25-19-42-30(37-25)22-11-13-34-26(15-22)35-16-20-5-6-20/h11,13,15,18-21,23,28H,2-10,12,14,16-17,33H2,1H3,(H,34,35)(H,36,41)/t21-,23-. The van der Waals surface area contributed by atoms with E-state index in [0.29, 0.717) is 23.2 Å². The van der Waals surface area contributed by atoms with Crippen molar-refractivity contribution in [3.05, 3.63) is 42.2 Å². The van der Waals surface area contributed by atoms with Crippen LogP contribution in [-0.2, 0) is 0 Å². The van der Waals surface area contributed by atoms with Crippen molar-refractivity contribution in [1.82, 2.24) is 24.6 Å². The van der Waals surface area contributed by atoms with E-state index in [1.54, 1.807) is 16.9 Å². The first-order valence-corrected chi connectivity index (χ1v) is 15.1. The van der Waals surface area contributed by atoms with Crippen LogP contribution in [0.25, 0.3) is 11.5 Å². The Morgan fingerprint density at radius 2 is 1.95 bits per heavy atom. The van der Waals surface area contributed by atoms with Crippen molar-refractivity contribution in [2.75, 3.05) is 43.9 Å². The lowest BCUT2D eigenvalue weighted by molar-refractivity contribution is 0.102. The van der Waals surface area contributed by atoms with E-state index in [1.807, 2.05) is 6.07 Å². The van der Waals surface area contributed by atoms with Crippen LogP contribution in [-0.4, -0.2) is 63.8 Å². The van der Waals surface area contributed by atoms with E-state index >= 15 is 0 Å². The molecule has 0 saturated heterocycles. The molecule has 1 amide bonds. The number of carbonyl (C=O) groups excluding carboxylic acids is 1. The SMILES string of the molecule is CN(CCCCCN)C[C@H]1CC[C@H](n2cc(NC(=O)c3coc(-c4ccnc(NCC5CC5)c4)n3)c(C(F)F)n2)CC1. The molecule has 42 heavy (non-hydrogen) atoms. The summed E-state index contributed by atoms with van der Waals surface area (Å²) < 4.78 is 35.0. The molecule has 12 heteroatoms. The van der Waals surface area contributed by atoms with Gasteiger partial charge in [-0.05, 0) is 95.5 Å². The molecule has 0 atom stereocenters. The number of amides is 1. The number of aromatic nitrogens is 4. The van der Waals surface area contributed by atoms with Gasteiger partial charge in [-0.3, -0.25) is 9.48 Å². The number of nitrogens with one attached hydrogen (secondary N) is 2. The maximum Gasteiger partial charge on any atom is 0.284 e. The Bertz CT molecular complexity index is 1300. The molecule has 3 aromatic heterocycles. The monoisotopic (exact) mass is 584 g/mol. The number of anilines is 2. The molecule has 2 saturated carbocycles. The first-order valence-electron chi connectivity index (χ1n) is 15.1. The molecule has 10 nitrogen and oxygen atoms in total. The van der Waals surface area contributed by atoms with Gasteiger partial charge < -0.3 is 25.7 Å². The van der Waals surface area contributed by atoms with Crippen LogP contribution in [0.3, 0.4) is 0 Å². The van der Waals surface area contributed by atoms with Crippen LogP contribution in [0.2, 0.25) is 0 Å². The molecule has 228 valence electrons. The molecule has 0 aromatic carbocycles. The van der Waals surface area contributed by atoms with Gasteiger partial charge in [0, 0.05) is 31.0 Å². The van der Waals surface area contributed by atoms with E-state index < -0.39 is 18.0 Å². The predicted molar refractivity (Wildman–Crippen MR) is 157 cm³/mol. The maximum atomic E-state index is 13.9. The summed E-state index contributed by atoms with van der Waals surface area (Å²) in [6, 6.07) is 3.57. The highest BCUT2D eigenvalue weighted by atomic mass is 19.3. The van der Waals surface area contributed by atoms with Crippen molar-refractivity contribution >= 4 is 17.4 Å². The van der Waals surface area contributed by atoms with Crippen molar-refractivity contribution in [1.29, 1.82) is 0 Å². The second-order valence-corrected chi connectivity index (χ2v) is 11.7. The Kier molecular flexibility index (Phi) is 10.2. The number of pyridine rings is 1. The van der Waals surface area contributed by atoms with Crippen molar-refractivity contribution in [3.63, 3.8) is 0 Å². The third kappa shape index (κ3) is 8.13. The van der Waals surface area contributed by atoms with E-state index in [4.69, 9.17) is 10.2 Å². The summed E-state index contributed by atoms with van der Waals surface area (Å²) in [6.45, 7) is 3.71. The lowest BCUT2D eigenvalue weighted by atomic mass is 9.86. The van der Waals surface area contributed by atoms with Gasteiger partial charge in [-0.25, -0.2) is 18.7 Å². The number of hydrogen-bond donors (Lipinski definition) is 3. The summed E-state index contributed by atoms with van der Waals surface area (Å²) in [5.74, 6) is 1.60. The normalized spacial score (nSPS) is 19.0. The van der Waals surface area contributed by atoms with Crippen LogP contribution in [0, 0.1) is 11.8 Å². The Morgan fingerprint density at radius 1 is 1.17 bits per heavy atom. The minimum Gasteiger partial charge on any atom is -0.444 e. The van der Waals surface area contributed by atoms with Crippen LogP contribution in [0.4, 0.5) is 20.3 Å². The number of alkyl halides is 2. The largest absolute Gasteiger partial charge is 0.444 e. The minimum atomic E-state index is -2.82. The van der Waals surface area contributed by atoms with Gasteiger partial charge in [0.25, 0.3) is 12.3 Å². The van der Waals surface area contributed by atoms with Crippen LogP contribution in [0.5, 0.6) is 0 Å². The number of carbonyl (C=O) groups is 1. The summed E-state index contributed by atoms with van der Waals surface area (Å²) in [7, 11) is 2.16. The summed E-state index contributed by atoms with van der Waals surface area (Å²) in [5, 5.41) is 10.1. The molecule has 5 rings (SSSR count). The number of hydrogen-bond acceptors (Lipinski definition) is 8. The molecule has 0 bridgehead atoms. The summed E-state index contributed by atoms with van der Waals surface area (Å²) >= 11 is 0. The van der Waals surface area contributed by atoms with Crippen molar-refractivity contribution < 1.29 is 18.0 Å². The third-order valence-corrected chi connectivity index (χ3v) is 8.23. The third-order valence-electron chi connectivity index (χ3n) is 8.23. The predicted octanol–water partition coefficient (Wildman–Crippen LogP) is 5.74. The summed E-state index contributed by atoms with van der Waals surface area (Å²) in [4.78, 5) is 24.0. The van der Waals surface area contributed by atoms with Crippen molar-refractivity contribution in [2.24, 2.45) is 17.6 Å². The Labute approximate surface area is 245 Å². The van der Waals surface area contributed by atoms with E-state index in [-0.39, 0.29) is 23.3 Å². The van der Waals surface area contributed by atoms with Gasteiger partial charge in [-0.15, -0.1) is 0 Å². The lowest BCUT2D eigenvalue weighted by Gasteiger charge is -2.31. The smallest absolute Gasteiger partial charge is 0.284 e. The first kappa shape index (κ1) is 30.1. The van der Waals surface area contributed by atoms with Crippen LogP contribution < -0.4 is 16.4 Å². The van der Waals surface area contributed by atoms with E-state index in [0.717, 1.165) is 71.1 Å². The highest BCUT2D eigenvalue weighted by molar-refractivity contribution is 6.03. The first-order chi connectivity index (χ1) is 20.4. The molecule has 0 radical (unpaired) electrons.